The van der Waals surface area contributed by atoms with Gasteiger partial charge in [0, 0.05) is 6.42 Å². The summed E-state index contributed by atoms with van der Waals surface area (Å²) in [7, 11) is 6.08. The van der Waals surface area contributed by atoms with Crippen molar-refractivity contribution in [2.45, 2.75) is 104 Å². The Bertz CT molecular complexity index is 429. The maximum Gasteiger partial charge on any atom is 0.309 e. The Labute approximate surface area is 180 Å². The van der Waals surface area contributed by atoms with E-state index in [0.717, 1.165) is 12.8 Å². The molecule has 0 bridgehead atoms. The molecule has 5 heteroatoms. The van der Waals surface area contributed by atoms with E-state index in [4.69, 9.17) is 9.47 Å². The van der Waals surface area contributed by atoms with Gasteiger partial charge in [0.15, 0.2) is 6.10 Å². The van der Waals surface area contributed by atoms with Crippen LogP contribution in [0.25, 0.3) is 0 Å². The Balaban J connectivity index is 3.96. The first-order valence-corrected chi connectivity index (χ1v) is 11.8. The standard InChI is InChI=1S/C24H48NO4/c1-7-8-9-10-11-12-13-14-15-16-17-28-23(26)19-22(20-25(4,5)6)29-24(27)18-21(2)3/h21-22H,7-20H2,1-6H3/q+1/t22-/m1/s1. The topological polar surface area (TPSA) is 52.6 Å². The summed E-state index contributed by atoms with van der Waals surface area (Å²) in [6.07, 6.45) is 12.6. The maximum absolute atomic E-state index is 12.2. The summed E-state index contributed by atoms with van der Waals surface area (Å²) in [6.45, 7) is 7.27. The van der Waals surface area contributed by atoms with Crippen molar-refractivity contribution in [2.24, 2.45) is 5.92 Å². The van der Waals surface area contributed by atoms with Gasteiger partial charge in [-0.15, -0.1) is 0 Å². The number of esters is 2. The summed E-state index contributed by atoms with van der Waals surface area (Å²) in [6, 6.07) is 0. The Morgan fingerprint density at radius 3 is 1.76 bits per heavy atom. The van der Waals surface area contributed by atoms with Gasteiger partial charge >= 0.3 is 11.9 Å². The second-order valence-corrected chi connectivity index (χ2v) is 9.79. The molecular weight excluding hydrogens is 366 g/mol. The average Bonchev–Trinajstić information content (AvgIpc) is 2.57. The largest absolute Gasteiger partial charge is 0.466 e. The molecule has 0 aliphatic carbocycles. The molecule has 0 fully saturated rings. The van der Waals surface area contributed by atoms with Crippen LogP contribution in [-0.4, -0.2) is 56.8 Å². The van der Waals surface area contributed by atoms with Gasteiger partial charge in [-0.05, 0) is 12.3 Å². The molecule has 5 nitrogen and oxygen atoms in total. The molecule has 0 rings (SSSR count). The minimum atomic E-state index is -0.429. The lowest BCUT2D eigenvalue weighted by Gasteiger charge is -2.28. The number of quaternary nitrogens is 1. The van der Waals surface area contributed by atoms with E-state index < -0.39 is 6.10 Å². The predicted molar refractivity (Wildman–Crippen MR) is 120 cm³/mol. The molecule has 0 aliphatic rings. The van der Waals surface area contributed by atoms with E-state index in [1.54, 1.807) is 0 Å². The van der Waals surface area contributed by atoms with E-state index in [1.165, 1.54) is 51.4 Å². The molecule has 0 radical (unpaired) electrons. The van der Waals surface area contributed by atoms with Crippen molar-refractivity contribution < 1.29 is 23.5 Å². The van der Waals surface area contributed by atoms with Crippen LogP contribution >= 0.6 is 0 Å². The molecule has 0 aromatic carbocycles. The van der Waals surface area contributed by atoms with Crippen molar-refractivity contribution in [3.8, 4) is 0 Å². The molecule has 0 saturated heterocycles. The zero-order chi connectivity index (χ0) is 22.1. The Morgan fingerprint density at radius 1 is 0.759 bits per heavy atom. The first-order valence-electron chi connectivity index (χ1n) is 11.8. The Morgan fingerprint density at radius 2 is 1.28 bits per heavy atom. The van der Waals surface area contributed by atoms with Gasteiger partial charge < -0.3 is 14.0 Å². The van der Waals surface area contributed by atoms with E-state index in [1.807, 2.05) is 35.0 Å². The third-order valence-electron chi connectivity index (χ3n) is 4.78. The van der Waals surface area contributed by atoms with Gasteiger partial charge in [0.2, 0.25) is 0 Å². The normalized spacial score (nSPS) is 12.8. The second kappa shape index (κ2) is 16.7. The minimum absolute atomic E-state index is 0.136. The summed E-state index contributed by atoms with van der Waals surface area (Å²) >= 11 is 0. The SMILES string of the molecule is CCCCCCCCCCCCOC(=O)C[C@H](C[N+](C)(C)C)OC(=O)CC(C)C. The molecule has 0 unspecified atom stereocenters. The van der Waals surface area contributed by atoms with Crippen LogP contribution in [0.3, 0.4) is 0 Å². The van der Waals surface area contributed by atoms with Crippen LogP contribution in [0.4, 0.5) is 0 Å². The van der Waals surface area contributed by atoms with Crippen LogP contribution < -0.4 is 0 Å². The van der Waals surface area contributed by atoms with Crippen molar-refractivity contribution >= 4 is 11.9 Å². The van der Waals surface area contributed by atoms with Gasteiger partial charge in [-0.2, -0.15) is 0 Å². The quantitative estimate of drug-likeness (QED) is 0.169. The van der Waals surface area contributed by atoms with E-state index in [-0.39, 0.29) is 24.3 Å². The van der Waals surface area contributed by atoms with Crippen LogP contribution in [0.2, 0.25) is 0 Å². The van der Waals surface area contributed by atoms with E-state index in [2.05, 4.69) is 6.92 Å². The third kappa shape index (κ3) is 20.0. The highest BCUT2D eigenvalue weighted by Gasteiger charge is 2.25. The third-order valence-corrected chi connectivity index (χ3v) is 4.78. The molecular formula is C24H48NO4+. The molecule has 0 aromatic heterocycles. The van der Waals surface area contributed by atoms with Gasteiger partial charge in [-0.25, -0.2) is 0 Å². The number of ether oxygens (including phenoxy) is 2. The molecule has 0 aliphatic heterocycles. The minimum Gasteiger partial charge on any atom is -0.466 e. The van der Waals surface area contributed by atoms with Crippen molar-refractivity contribution in [3.05, 3.63) is 0 Å². The zero-order valence-electron chi connectivity index (χ0n) is 20.1. The lowest BCUT2D eigenvalue weighted by atomic mass is 10.1. The molecule has 0 spiro atoms. The van der Waals surface area contributed by atoms with Crippen LogP contribution in [0, 0.1) is 5.92 Å². The molecule has 0 saturated carbocycles. The number of nitrogens with zero attached hydrogens (tertiary/aromatic N) is 1. The van der Waals surface area contributed by atoms with E-state index >= 15 is 0 Å². The van der Waals surface area contributed by atoms with Crippen molar-refractivity contribution in [3.63, 3.8) is 0 Å². The van der Waals surface area contributed by atoms with Crippen molar-refractivity contribution in [2.75, 3.05) is 34.3 Å². The van der Waals surface area contributed by atoms with Gasteiger partial charge in [-0.1, -0.05) is 78.6 Å². The highest BCUT2D eigenvalue weighted by atomic mass is 16.6. The second-order valence-electron chi connectivity index (χ2n) is 9.79. The fraction of sp³-hybridized carbons (Fsp3) is 0.917. The molecule has 172 valence electrons. The summed E-state index contributed by atoms with van der Waals surface area (Å²) in [5.74, 6) is -0.256. The summed E-state index contributed by atoms with van der Waals surface area (Å²) < 4.78 is 11.6. The molecule has 0 aromatic rings. The summed E-state index contributed by atoms with van der Waals surface area (Å²) in [5.41, 5.74) is 0. The van der Waals surface area contributed by atoms with Crippen LogP contribution in [0.5, 0.6) is 0 Å². The lowest BCUT2D eigenvalue weighted by Crippen LogP contribution is -2.44. The first-order chi connectivity index (χ1) is 13.6. The number of hydrogen-bond donors (Lipinski definition) is 0. The van der Waals surface area contributed by atoms with Gasteiger partial charge in [0.05, 0.1) is 34.2 Å². The summed E-state index contributed by atoms with van der Waals surface area (Å²) in [4.78, 5) is 24.2. The number of carbonyl (C=O) groups is 2. The molecule has 1 atom stereocenters. The smallest absolute Gasteiger partial charge is 0.309 e. The Hall–Kier alpha value is -1.10. The van der Waals surface area contributed by atoms with Gasteiger partial charge in [0.25, 0.3) is 0 Å². The van der Waals surface area contributed by atoms with Crippen LogP contribution in [0.15, 0.2) is 0 Å². The van der Waals surface area contributed by atoms with Crippen LogP contribution in [0.1, 0.15) is 97.8 Å². The number of carbonyl (C=O) groups excluding carboxylic acids is 2. The first kappa shape index (κ1) is 27.9. The molecule has 0 N–H and O–H groups in total. The molecule has 0 heterocycles. The highest BCUT2D eigenvalue weighted by Crippen LogP contribution is 2.12. The maximum atomic E-state index is 12.2. The number of likely N-dealkylation sites (N-methyl/N-ethyl adjacent to an activating group) is 1. The average molecular weight is 415 g/mol. The van der Waals surface area contributed by atoms with Gasteiger partial charge in [-0.3, -0.25) is 9.59 Å². The molecule has 0 amide bonds. The monoisotopic (exact) mass is 414 g/mol. The summed E-state index contributed by atoms with van der Waals surface area (Å²) in [5, 5.41) is 0. The number of unbranched alkanes of at least 4 members (excludes halogenated alkanes) is 9. The number of hydrogen-bond acceptors (Lipinski definition) is 4. The van der Waals surface area contributed by atoms with E-state index in [0.29, 0.717) is 24.1 Å². The number of rotatable bonds is 18. The van der Waals surface area contributed by atoms with Crippen molar-refractivity contribution in [1.82, 2.24) is 0 Å². The Kier molecular flexibility index (Phi) is 16.0. The van der Waals surface area contributed by atoms with E-state index in [9.17, 15) is 9.59 Å². The zero-order valence-corrected chi connectivity index (χ0v) is 20.1. The lowest BCUT2D eigenvalue weighted by molar-refractivity contribution is -0.873. The van der Waals surface area contributed by atoms with Crippen molar-refractivity contribution in [1.29, 1.82) is 0 Å². The predicted octanol–water partition coefficient (Wildman–Crippen LogP) is 5.50. The van der Waals surface area contributed by atoms with Gasteiger partial charge in [0.1, 0.15) is 6.54 Å². The fourth-order valence-corrected chi connectivity index (χ4v) is 3.34. The van der Waals surface area contributed by atoms with Crippen LogP contribution in [-0.2, 0) is 19.1 Å². The fourth-order valence-electron chi connectivity index (χ4n) is 3.34. The molecule has 29 heavy (non-hydrogen) atoms. The highest BCUT2D eigenvalue weighted by molar-refractivity contribution is 5.72.